The first-order valence-electron chi connectivity index (χ1n) is 9.52. The minimum atomic E-state index is -0.684. The lowest BCUT2D eigenvalue weighted by molar-refractivity contribution is 0.0911. The van der Waals surface area contributed by atoms with Crippen LogP contribution in [0.3, 0.4) is 0 Å². The Morgan fingerprint density at radius 1 is 1.13 bits per heavy atom. The lowest BCUT2D eigenvalue weighted by atomic mass is 9.73. The number of rotatable bonds is 3. The lowest BCUT2D eigenvalue weighted by Crippen LogP contribution is -2.42. The molecule has 1 aliphatic carbocycles. The van der Waals surface area contributed by atoms with Gasteiger partial charge < -0.3 is 0 Å². The smallest absolute Gasteiger partial charge is 0.294 e. The number of carbonyl (C=O) groups is 2. The fourth-order valence-corrected chi connectivity index (χ4v) is 4.02. The second-order valence-corrected chi connectivity index (χ2v) is 8.45. The first-order valence-corrected chi connectivity index (χ1v) is 9.52. The van der Waals surface area contributed by atoms with Crippen LogP contribution in [-0.4, -0.2) is 25.7 Å². The number of hydrogen-bond acceptors (Lipinski definition) is 5. The number of fused-ring (bicyclic) bond motifs is 3. The Morgan fingerprint density at radius 3 is 2.47 bits per heavy atom. The maximum Gasteiger partial charge on any atom is 0.332 e. The standard InChI is InChI=1S/C22H20FN3O4/c1-22(2)8-14-15(16(27)9-22)10-24-19-18(14)20(29)26(21(30)25(19)3)11-17(28)12-4-6-13(23)7-5-12/h4-7,10H,8-9,11H2,1-3H3. The van der Waals surface area contributed by atoms with Gasteiger partial charge in [-0.2, -0.15) is 0 Å². The monoisotopic (exact) mass is 409 g/mol. The number of benzene rings is 1. The summed E-state index contributed by atoms with van der Waals surface area (Å²) in [6, 6.07) is 4.89. The largest absolute Gasteiger partial charge is 0.332 e. The highest BCUT2D eigenvalue weighted by Crippen LogP contribution is 2.36. The van der Waals surface area contributed by atoms with Crippen LogP contribution in [0.2, 0.25) is 0 Å². The van der Waals surface area contributed by atoms with Crippen molar-refractivity contribution in [2.45, 2.75) is 33.2 Å². The molecule has 3 aromatic rings. The Balaban J connectivity index is 1.93. The second kappa shape index (κ2) is 6.83. The summed E-state index contributed by atoms with van der Waals surface area (Å²) in [7, 11) is 1.47. The van der Waals surface area contributed by atoms with E-state index in [-0.39, 0.29) is 27.8 Å². The van der Waals surface area contributed by atoms with E-state index >= 15 is 0 Å². The van der Waals surface area contributed by atoms with Gasteiger partial charge in [-0.25, -0.2) is 14.2 Å². The number of halogens is 1. The molecular weight excluding hydrogens is 389 g/mol. The summed E-state index contributed by atoms with van der Waals surface area (Å²) in [6.45, 7) is 3.39. The number of aromatic nitrogens is 3. The van der Waals surface area contributed by atoms with Crippen LogP contribution in [0.15, 0.2) is 40.1 Å². The zero-order valence-corrected chi connectivity index (χ0v) is 16.9. The number of pyridine rings is 1. The van der Waals surface area contributed by atoms with E-state index in [0.717, 1.165) is 16.7 Å². The molecule has 0 fully saturated rings. The topological polar surface area (TPSA) is 91.0 Å². The van der Waals surface area contributed by atoms with Crippen molar-refractivity contribution in [3.63, 3.8) is 0 Å². The highest BCUT2D eigenvalue weighted by Gasteiger charge is 2.34. The molecule has 0 unspecified atom stereocenters. The van der Waals surface area contributed by atoms with E-state index in [2.05, 4.69) is 4.98 Å². The summed E-state index contributed by atoms with van der Waals surface area (Å²) in [4.78, 5) is 55.5. The zero-order valence-electron chi connectivity index (χ0n) is 16.9. The SMILES string of the molecule is Cn1c(=O)n(CC(=O)c2ccc(F)cc2)c(=O)c2c3c(cnc21)C(=O)CC(C)(C)C3. The molecule has 1 aliphatic rings. The highest BCUT2D eigenvalue weighted by atomic mass is 19.1. The minimum absolute atomic E-state index is 0.0992. The van der Waals surface area contributed by atoms with Gasteiger partial charge in [-0.1, -0.05) is 13.8 Å². The third-order valence-corrected chi connectivity index (χ3v) is 5.52. The molecule has 2 heterocycles. The number of aryl methyl sites for hydroxylation is 1. The normalized spacial score (nSPS) is 15.3. The van der Waals surface area contributed by atoms with Gasteiger partial charge in [0.25, 0.3) is 5.56 Å². The Kier molecular flexibility index (Phi) is 4.52. The molecule has 8 heteroatoms. The fourth-order valence-electron chi connectivity index (χ4n) is 4.02. The van der Waals surface area contributed by atoms with Crippen LogP contribution in [0.5, 0.6) is 0 Å². The van der Waals surface area contributed by atoms with Crippen LogP contribution >= 0.6 is 0 Å². The Morgan fingerprint density at radius 2 is 1.80 bits per heavy atom. The molecule has 2 aromatic heterocycles. The molecule has 30 heavy (non-hydrogen) atoms. The lowest BCUT2D eigenvalue weighted by Gasteiger charge is -2.30. The molecule has 0 spiro atoms. The van der Waals surface area contributed by atoms with Crippen molar-refractivity contribution in [1.82, 2.24) is 14.1 Å². The van der Waals surface area contributed by atoms with Crippen molar-refractivity contribution < 1.29 is 14.0 Å². The molecular formula is C22H20FN3O4. The highest BCUT2D eigenvalue weighted by molar-refractivity contribution is 6.02. The van der Waals surface area contributed by atoms with Crippen LogP contribution in [0.25, 0.3) is 11.0 Å². The third kappa shape index (κ3) is 3.18. The van der Waals surface area contributed by atoms with Crippen molar-refractivity contribution >= 4 is 22.6 Å². The van der Waals surface area contributed by atoms with Crippen molar-refractivity contribution in [3.8, 4) is 0 Å². The first-order chi connectivity index (χ1) is 14.1. The van der Waals surface area contributed by atoms with E-state index < -0.39 is 29.4 Å². The summed E-state index contributed by atoms with van der Waals surface area (Å²) >= 11 is 0. The van der Waals surface area contributed by atoms with E-state index in [1.54, 1.807) is 0 Å². The van der Waals surface area contributed by atoms with Crippen LogP contribution < -0.4 is 11.2 Å². The van der Waals surface area contributed by atoms with Gasteiger partial charge in [0.05, 0.1) is 11.9 Å². The van der Waals surface area contributed by atoms with E-state index in [0.29, 0.717) is 24.0 Å². The molecule has 0 N–H and O–H groups in total. The Bertz CT molecular complexity index is 1330. The van der Waals surface area contributed by atoms with Gasteiger partial charge >= 0.3 is 5.69 Å². The first kappa shape index (κ1) is 19.9. The van der Waals surface area contributed by atoms with Crippen molar-refractivity contribution in [3.05, 3.63) is 73.8 Å². The molecule has 1 aromatic carbocycles. The van der Waals surface area contributed by atoms with E-state index in [1.165, 1.54) is 29.9 Å². The predicted octanol–water partition coefficient (Wildman–Crippen LogP) is 2.27. The van der Waals surface area contributed by atoms with Crippen LogP contribution in [0.4, 0.5) is 4.39 Å². The predicted molar refractivity (Wildman–Crippen MR) is 108 cm³/mol. The summed E-state index contributed by atoms with van der Waals surface area (Å²) < 4.78 is 15.2. The molecule has 0 saturated carbocycles. The average molecular weight is 409 g/mol. The molecule has 0 aliphatic heterocycles. The molecule has 0 bridgehead atoms. The van der Waals surface area contributed by atoms with Crippen LogP contribution in [0.1, 0.15) is 46.5 Å². The van der Waals surface area contributed by atoms with Gasteiger partial charge in [-0.15, -0.1) is 0 Å². The van der Waals surface area contributed by atoms with Gasteiger partial charge in [-0.05, 0) is 41.7 Å². The summed E-state index contributed by atoms with van der Waals surface area (Å²) in [5.74, 6) is -1.09. The molecule has 0 amide bonds. The van der Waals surface area contributed by atoms with Gasteiger partial charge in [0.15, 0.2) is 11.6 Å². The number of ketones is 2. The summed E-state index contributed by atoms with van der Waals surface area (Å²) in [5, 5.41) is 0.183. The molecule has 0 saturated heterocycles. The fraction of sp³-hybridized carbons (Fsp3) is 0.318. The van der Waals surface area contributed by atoms with E-state index in [9.17, 15) is 23.6 Å². The minimum Gasteiger partial charge on any atom is -0.294 e. The van der Waals surface area contributed by atoms with Crippen molar-refractivity contribution in [2.75, 3.05) is 0 Å². The van der Waals surface area contributed by atoms with Crippen molar-refractivity contribution in [2.24, 2.45) is 12.5 Å². The number of nitrogens with zero attached hydrogens (tertiary/aromatic N) is 3. The molecule has 4 rings (SSSR count). The zero-order chi connectivity index (χ0) is 21.8. The molecule has 0 atom stereocenters. The second-order valence-electron chi connectivity index (χ2n) is 8.45. The average Bonchev–Trinajstić information content (AvgIpc) is 2.68. The number of Topliss-reactive ketones (excluding diaryl/α,β-unsaturated/α-hetero) is 2. The quantitative estimate of drug-likeness (QED) is 0.619. The van der Waals surface area contributed by atoms with Crippen molar-refractivity contribution in [1.29, 1.82) is 0 Å². The number of hydrogen-bond donors (Lipinski definition) is 0. The maximum absolute atomic E-state index is 13.3. The summed E-state index contributed by atoms with van der Waals surface area (Å²) in [5.41, 5.74) is -0.363. The maximum atomic E-state index is 13.3. The number of carbonyl (C=O) groups excluding carboxylic acids is 2. The summed E-state index contributed by atoms with van der Waals surface area (Å²) in [6.07, 6.45) is 2.24. The van der Waals surface area contributed by atoms with E-state index in [1.807, 2.05) is 13.8 Å². The van der Waals surface area contributed by atoms with E-state index in [4.69, 9.17) is 0 Å². The molecule has 154 valence electrons. The van der Waals surface area contributed by atoms with Gasteiger partial charge in [0.1, 0.15) is 11.5 Å². The van der Waals surface area contributed by atoms with Crippen LogP contribution in [-0.2, 0) is 20.0 Å². The van der Waals surface area contributed by atoms with Gasteiger partial charge in [0, 0.05) is 30.8 Å². The molecule has 0 radical (unpaired) electrons. The Hall–Kier alpha value is -3.42. The van der Waals surface area contributed by atoms with Gasteiger partial charge in [0.2, 0.25) is 0 Å². The van der Waals surface area contributed by atoms with Gasteiger partial charge in [-0.3, -0.25) is 23.5 Å². The third-order valence-electron chi connectivity index (χ3n) is 5.52. The molecule has 7 nitrogen and oxygen atoms in total. The Labute approximate surface area is 170 Å². The van der Waals surface area contributed by atoms with Crippen LogP contribution in [0, 0.1) is 11.2 Å².